The summed E-state index contributed by atoms with van der Waals surface area (Å²) in [6, 6.07) is 3.84. The number of H-pyrrole nitrogens is 1. The molecule has 0 saturated heterocycles. The van der Waals surface area contributed by atoms with Gasteiger partial charge in [0.1, 0.15) is 5.82 Å². The van der Waals surface area contributed by atoms with Gasteiger partial charge in [0, 0.05) is 31.5 Å². The van der Waals surface area contributed by atoms with E-state index in [0.29, 0.717) is 5.02 Å². The maximum atomic E-state index is 6.14. The number of hydrogen-bond donors (Lipinski definition) is 1. The molecule has 0 atom stereocenters. The first-order valence-electron chi connectivity index (χ1n) is 4.93. The van der Waals surface area contributed by atoms with Gasteiger partial charge in [0.2, 0.25) is 0 Å². The summed E-state index contributed by atoms with van der Waals surface area (Å²) in [6.45, 7) is 1.96. The Hall–Kier alpha value is -1.55. The lowest BCUT2D eigenvalue weighted by molar-refractivity contribution is 1.04. The van der Waals surface area contributed by atoms with Crippen molar-refractivity contribution in [3.05, 3.63) is 29.0 Å². The van der Waals surface area contributed by atoms with Crippen molar-refractivity contribution in [2.75, 3.05) is 19.0 Å². The molecule has 84 valence electrons. The van der Waals surface area contributed by atoms with Gasteiger partial charge in [0.25, 0.3) is 0 Å². The van der Waals surface area contributed by atoms with Crippen LogP contribution in [-0.4, -0.2) is 29.3 Å². The smallest absolute Gasteiger partial charge is 0.146 e. The van der Waals surface area contributed by atoms with E-state index >= 15 is 0 Å². The largest absolute Gasteiger partial charge is 0.362 e. The Labute approximate surface area is 99.3 Å². The summed E-state index contributed by atoms with van der Waals surface area (Å²) in [5, 5.41) is 7.68. The lowest BCUT2D eigenvalue weighted by atomic mass is 10.2. The fraction of sp³-hybridized carbons (Fsp3) is 0.273. The molecule has 0 amide bonds. The molecule has 2 heterocycles. The third kappa shape index (κ3) is 2.02. The normalized spacial score (nSPS) is 10.5. The number of halogens is 1. The monoisotopic (exact) mass is 236 g/mol. The zero-order chi connectivity index (χ0) is 11.7. The van der Waals surface area contributed by atoms with Crippen LogP contribution in [0.1, 0.15) is 5.69 Å². The van der Waals surface area contributed by atoms with Gasteiger partial charge in [-0.25, -0.2) is 4.98 Å². The number of aromatic nitrogens is 3. The molecule has 0 fully saturated rings. The van der Waals surface area contributed by atoms with Gasteiger partial charge in [-0.15, -0.1) is 0 Å². The summed E-state index contributed by atoms with van der Waals surface area (Å²) in [7, 11) is 3.82. The van der Waals surface area contributed by atoms with E-state index in [1.807, 2.05) is 38.1 Å². The molecule has 16 heavy (non-hydrogen) atoms. The Balaban J connectivity index is 2.42. The number of pyridine rings is 1. The number of anilines is 1. The molecule has 2 aromatic heterocycles. The van der Waals surface area contributed by atoms with Crippen LogP contribution < -0.4 is 4.90 Å². The van der Waals surface area contributed by atoms with Crippen molar-refractivity contribution < 1.29 is 0 Å². The molecule has 5 heteroatoms. The fourth-order valence-electron chi connectivity index (χ4n) is 1.47. The number of aryl methyl sites for hydroxylation is 1. The van der Waals surface area contributed by atoms with Gasteiger partial charge in [-0.3, -0.25) is 5.10 Å². The minimum Gasteiger partial charge on any atom is -0.362 e. The first-order chi connectivity index (χ1) is 7.58. The van der Waals surface area contributed by atoms with Gasteiger partial charge in [0.05, 0.1) is 10.7 Å². The van der Waals surface area contributed by atoms with E-state index in [9.17, 15) is 0 Å². The Morgan fingerprint density at radius 3 is 2.56 bits per heavy atom. The maximum Gasteiger partial charge on any atom is 0.146 e. The molecule has 2 rings (SSSR count). The molecular formula is C11H13ClN4. The standard InChI is InChI=1S/C11H13ClN4/c1-7-4-10(15-14-7)8-5-9(12)11(13-6-8)16(2)3/h4-6H,1-3H3,(H,14,15). The van der Waals surface area contributed by atoms with Crippen LogP contribution in [0.25, 0.3) is 11.3 Å². The number of aromatic amines is 1. The van der Waals surface area contributed by atoms with Crippen molar-refractivity contribution in [2.45, 2.75) is 6.92 Å². The highest BCUT2D eigenvalue weighted by molar-refractivity contribution is 6.33. The van der Waals surface area contributed by atoms with Crippen molar-refractivity contribution in [1.82, 2.24) is 15.2 Å². The van der Waals surface area contributed by atoms with Gasteiger partial charge < -0.3 is 4.90 Å². The lowest BCUT2D eigenvalue weighted by Crippen LogP contribution is -2.11. The highest BCUT2D eigenvalue weighted by Gasteiger charge is 2.08. The zero-order valence-electron chi connectivity index (χ0n) is 9.45. The van der Waals surface area contributed by atoms with Crippen LogP contribution in [0.5, 0.6) is 0 Å². The van der Waals surface area contributed by atoms with E-state index in [-0.39, 0.29) is 0 Å². The van der Waals surface area contributed by atoms with E-state index in [0.717, 1.165) is 22.8 Å². The second-order valence-corrected chi connectivity index (χ2v) is 4.27. The van der Waals surface area contributed by atoms with Crippen molar-refractivity contribution in [2.24, 2.45) is 0 Å². The number of hydrogen-bond acceptors (Lipinski definition) is 3. The van der Waals surface area contributed by atoms with Crippen LogP contribution in [0.15, 0.2) is 18.3 Å². The molecule has 0 radical (unpaired) electrons. The van der Waals surface area contributed by atoms with Crippen LogP contribution in [0.3, 0.4) is 0 Å². The number of nitrogens with zero attached hydrogens (tertiary/aromatic N) is 3. The summed E-state index contributed by atoms with van der Waals surface area (Å²) < 4.78 is 0. The molecule has 0 unspecified atom stereocenters. The molecule has 0 spiro atoms. The predicted octanol–water partition coefficient (Wildman–Crippen LogP) is 2.50. The van der Waals surface area contributed by atoms with Crippen molar-refractivity contribution in [3.63, 3.8) is 0 Å². The summed E-state index contributed by atoms with van der Waals surface area (Å²) in [6.07, 6.45) is 1.77. The molecule has 4 nitrogen and oxygen atoms in total. The van der Waals surface area contributed by atoms with Crippen LogP contribution in [0, 0.1) is 6.92 Å². The molecule has 2 aromatic rings. The van der Waals surface area contributed by atoms with Crippen LogP contribution in [-0.2, 0) is 0 Å². The van der Waals surface area contributed by atoms with E-state index < -0.39 is 0 Å². The van der Waals surface area contributed by atoms with Gasteiger partial charge >= 0.3 is 0 Å². The van der Waals surface area contributed by atoms with E-state index in [1.54, 1.807) is 6.20 Å². The molecule has 0 aliphatic heterocycles. The van der Waals surface area contributed by atoms with Gasteiger partial charge in [-0.1, -0.05) is 11.6 Å². The first kappa shape index (κ1) is 11.0. The minimum absolute atomic E-state index is 0.628. The SMILES string of the molecule is Cc1cc(-c2cnc(N(C)C)c(Cl)c2)n[nH]1. The van der Waals surface area contributed by atoms with Crippen molar-refractivity contribution in [1.29, 1.82) is 0 Å². The van der Waals surface area contributed by atoms with E-state index in [2.05, 4.69) is 15.2 Å². The Morgan fingerprint density at radius 2 is 2.06 bits per heavy atom. The maximum absolute atomic E-state index is 6.14. The van der Waals surface area contributed by atoms with Crippen molar-refractivity contribution in [3.8, 4) is 11.3 Å². The Bertz CT molecular complexity index is 504. The van der Waals surface area contributed by atoms with Gasteiger partial charge in [-0.05, 0) is 19.1 Å². The molecule has 0 aliphatic carbocycles. The van der Waals surface area contributed by atoms with Gasteiger partial charge in [0.15, 0.2) is 0 Å². The second kappa shape index (κ2) is 4.14. The first-order valence-corrected chi connectivity index (χ1v) is 5.31. The average Bonchev–Trinajstić information content (AvgIpc) is 2.64. The van der Waals surface area contributed by atoms with E-state index in [1.165, 1.54) is 0 Å². The Morgan fingerprint density at radius 1 is 1.31 bits per heavy atom. The van der Waals surface area contributed by atoms with Crippen LogP contribution in [0.2, 0.25) is 5.02 Å². The van der Waals surface area contributed by atoms with Crippen LogP contribution >= 0.6 is 11.6 Å². The number of rotatable bonds is 2. The number of nitrogens with one attached hydrogen (secondary N) is 1. The molecule has 1 N–H and O–H groups in total. The van der Waals surface area contributed by atoms with Crippen LogP contribution in [0.4, 0.5) is 5.82 Å². The topological polar surface area (TPSA) is 44.8 Å². The predicted molar refractivity (Wildman–Crippen MR) is 65.9 cm³/mol. The molecular weight excluding hydrogens is 224 g/mol. The summed E-state index contributed by atoms with van der Waals surface area (Å²) in [4.78, 5) is 6.18. The summed E-state index contributed by atoms with van der Waals surface area (Å²) >= 11 is 6.14. The van der Waals surface area contributed by atoms with E-state index in [4.69, 9.17) is 11.6 Å². The third-order valence-electron chi connectivity index (χ3n) is 2.25. The lowest BCUT2D eigenvalue weighted by Gasteiger charge is -2.12. The second-order valence-electron chi connectivity index (χ2n) is 3.86. The molecule has 0 aromatic carbocycles. The highest BCUT2D eigenvalue weighted by Crippen LogP contribution is 2.26. The summed E-state index contributed by atoms with van der Waals surface area (Å²) in [5.41, 5.74) is 2.79. The average molecular weight is 237 g/mol. The molecule has 0 saturated carbocycles. The quantitative estimate of drug-likeness (QED) is 0.872. The molecule has 0 aliphatic rings. The highest BCUT2D eigenvalue weighted by atomic mass is 35.5. The Kier molecular flexibility index (Phi) is 2.83. The molecule has 0 bridgehead atoms. The fourth-order valence-corrected chi connectivity index (χ4v) is 1.80. The van der Waals surface area contributed by atoms with Gasteiger partial charge in [-0.2, -0.15) is 5.10 Å². The summed E-state index contributed by atoms with van der Waals surface area (Å²) in [5.74, 6) is 0.762. The zero-order valence-corrected chi connectivity index (χ0v) is 10.2. The van der Waals surface area contributed by atoms with Crippen molar-refractivity contribution >= 4 is 17.4 Å². The third-order valence-corrected chi connectivity index (χ3v) is 2.53. The minimum atomic E-state index is 0.628.